The molecule has 1 heterocycles. The van der Waals surface area contributed by atoms with E-state index in [1.807, 2.05) is 6.92 Å². The van der Waals surface area contributed by atoms with Gasteiger partial charge in [-0.2, -0.15) is 0 Å². The van der Waals surface area contributed by atoms with Crippen LogP contribution in [0.3, 0.4) is 0 Å². The minimum atomic E-state index is -0.390. The van der Waals surface area contributed by atoms with Gasteiger partial charge >= 0.3 is 0 Å². The summed E-state index contributed by atoms with van der Waals surface area (Å²) in [7, 11) is 0. The number of amides is 1. The van der Waals surface area contributed by atoms with Crippen molar-refractivity contribution in [3.63, 3.8) is 0 Å². The first-order chi connectivity index (χ1) is 9.11. The average Bonchev–Trinajstić information content (AvgIpc) is 2.41. The molecule has 19 heavy (non-hydrogen) atoms. The number of benzene rings is 1. The number of hydrogen-bond acceptors (Lipinski definition) is 3. The maximum atomic E-state index is 11.6. The van der Waals surface area contributed by atoms with E-state index in [-0.39, 0.29) is 22.4 Å². The van der Waals surface area contributed by atoms with Gasteiger partial charge in [0.05, 0.1) is 10.8 Å². The normalized spacial score (nSPS) is 10.6. The first-order valence-electron chi connectivity index (χ1n) is 6.16. The molecule has 0 fully saturated rings. The van der Waals surface area contributed by atoms with Crippen molar-refractivity contribution in [1.29, 1.82) is 0 Å². The van der Waals surface area contributed by atoms with E-state index in [9.17, 15) is 14.4 Å². The van der Waals surface area contributed by atoms with Gasteiger partial charge in [0.15, 0.2) is 0 Å². The van der Waals surface area contributed by atoms with Crippen LogP contribution in [0.1, 0.15) is 26.2 Å². The second-order valence-corrected chi connectivity index (χ2v) is 4.32. The fourth-order valence-corrected chi connectivity index (χ4v) is 1.82. The molecule has 0 aliphatic carbocycles. The zero-order valence-electron chi connectivity index (χ0n) is 10.6. The maximum Gasteiger partial charge on any atom is 0.270 e. The molecule has 0 aliphatic rings. The number of carbonyl (C=O) groups is 1. The van der Waals surface area contributed by atoms with Gasteiger partial charge in [-0.1, -0.05) is 13.3 Å². The molecular weight excluding hydrogens is 246 g/mol. The van der Waals surface area contributed by atoms with Gasteiger partial charge in [-0.3, -0.25) is 24.6 Å². The predicted octanol–water partition coefficient (Wildman–Crippen LogP) is 1.35. The molecule has 0 atom stereocenters. The number of fused-ring (bicyclic) bond motifs is 1. The minimum absolute atomic E-state index is 0.0949. The Hall–Kier alpha value is -2.37. The Morgan fingerprint density at radius 1 is 1.16 bits per heavy atom. The van der Waals surface area contributed by atoms with E-state index in [2.05, 4.69) is 15.5 Å². The number of rotatable bonds is 4. The Morgan fingerprint density at radius 2 is 1.84 bits per heavy atom. The summed E-state index contributed by atoms with van der Waals surface area (Å²) in [5.41, 5.74) is -0.234. The van der Waals surface area contributed by atoms with Crippen LogP contribution in [0.4, 0.5) is 5.69 Å². The molecule has 1 aromatic carbocycles. The molecule has 3 N–H and O–H groups in total. The average molecular weight is 261 g/mol. The molecule has 1 amide bonds. The largest absolute Gasteiger partial charge is 0.326 e. The molecule has 2 aromatic rings. The van der Waals surface area contributed by atoms with Crippen LogP contribution in [-0.4, -0.2) is 16.1 Å². The highest BCUT2D eigenvalue weighted by Gasteiger charge is 2.06. The number of anilines is 1. The van der Waals surface area contributed by atoms with Crippen LogP contribution in [0.5, 0.6) is 0 Å². The molecule has 0 spiro atoms. The summed E-state index contributed by atoms with van der Waals surface area (Å²) in [6.07, 6.45) is 2.21. The van der Waals surface area contributed by atoms with Crippen molar-refractivity contribution in [3.05, 3.63) is 38.9 Å². The summed E-state index contributed by atoms with van der Waals surface area (Å²) >= 11 is 0. The van der Waals surface area contributed by atoms with E-state index in [0.717, 1.165) is 12.8 Å². The molecule has 2 rings (SSSR count). The van der Waals surface area contributed by atoms with Crippen LogP contribution in [0.15, 0.2) is 27.8 Å². The number of nitrogens with one attached hydrogen (secondary N) is 3. The van der Waals surface area contributed by atoms with Crippen LogP contribution in [0.25, 0.3) is 10.8 Å². The number of H-pyrrole nitrogens is 2. The van der Waals surface area contributed by atoms with Crippen LogP contribution in [-0.2, 0) is 4.79 Å². The molecule has 0 aliphatic heterocycles. The van der Waals surface area contributed by atoms with E-state index < -0.39 is 0 Å². The van der Waals surface area contributed by atoms with Gasteiger partial charge in [0, 0.05) is 12.1 Å². The highest BCUT2D eigenvalue weighted by Crippen LogP contribution is 2.13. The summed E-state index contributed by atoms with van der Waals surface area (Å²) in [6, 6.07) is 4.65. The lowest BCUT2D eigenvalue weighted by Crippen LogP contribution is -2.19. The topological polar surface area (TPSA) is 94.8 Å². The van der Waals surface area contributed by atoms with Gasteiger partial charge < -0.3 is 5.32 Å². The summed E-state index contributed by atoms with van der Waals surface area (Å²) in [5, 5.41) is 7.78. The standard InChI is InChI=1S/C13H15N3O3/c1-2-3-4-11(17)14-8-5-6-9-10(7-8)13(19)16-15-12(9)18/h5-7H,2-4H2,1H3,(H,14,17)(H,15,18)(H,16,19). The van der Waals surface area contributed by atoms with Gasteiger partial charge in [-0.25, -0.2) is 0 Å². The third-order valence-electron chi connectivity index (χ3n) is 2.84. The van der Waals surface area contributed by atoms with Crippen LogP contribution >= 0.6 is 0 Å². The smallest absolute Gasteiger partial charge is 0.270 e. The SMILES string of the molecule is CCCCC(=O)Nc1ccc2c(=O)[nH][nH]c(=O)c2c1. The molecule has 6 nitrogen and oxygen atoms in total. The van der Waals surface area contributed by atoms with Crippen LogP contribution < -0.4 is 16.4 Å². The van der Waals surface area contributed by atoms with E-state index in [1.165, 1.54) is 12.1 Å². The lowest BCUT2D eigenvalue weighted by Gasteiger charge is -2.05. The Labute approximate surface area is 108 Å². The van der Waals surface area contributed by atoms with Crippen molar-refractivity contribution >= 4 is 22.4 Å². The van der Waals surface area contributed by atoms with Crippen molar-refractivity contribution < 1.29 is 4.79 Å². The second-order valence-electron chi connectivity index (χ2n) is 4.32. The zero-order valence-corrected chi connectivity index (χ0v) is 10.6. The number of hydrogen-bond donors (Lipinski definition) is 3. The fraction of sp³-hybridized carbons (Fsp3) is 0.308. The first-order valence-corrected chi connectivity index (χ1v) is 6.16. The quantitative estimate of drug-likeness (QED) is 0.775. The molecule has 0 unspecified atom stereocenters. The van der Waals surface area contributed by atoms with Crippen LogP contribution in [0, 0.1) is 0 Å². The summed E-state index contributed by atoms with van der Waals surface area (Å²) in [4.78, 5) is 34.7. The third kappa shape index (κ3) is 2.90. The van der Waals surface area contributed by atoms with Gasteiger partial charge in [0.1, 0.15) is 0 Å². The first kappa shape index (κ1) is 13.1. The third-order valence-corrected chi connectivity index (χ3v) is 2.84. The van der Waals surface area contributed by atoms with Gasteiger partial charge in [-0.05, 0) is 24.6 Å². The Balaban J connectivity index is 2.32. The number of aromatic amines is 2. The Bertz CT molecular complexity index is 715. The lowest BCUT2D eigenvalue weighted by molar-refractivity contribution is -0.116. The van der Waals surface area contributed by atoms with Crippen molar-refractivity contribution in [3.8, 4) is 0 Å². The summed E-state index contributed by atoms with van der Waals surface area (Å²) in [6.45, 7) is 2.01. The lowest BCUT2D eigenvalue weighted by atomic mass is 10.1. The van der Waals surface area contributed by atoms with Crippen molar-refractivity contribution in [1.82, 2.24) is 10.2 Å². The Morgan fingerprint density at radius 3 is 2.53 bits per heavy atom. The monoisotopic (exact) mass is 261 g/mol. The number of aromatic nitrogens is 2. The van der Waals surface area contributed by atoms with E-state index in [0.29, 0.717) is 17.5 Å². The summed E-state index contributed by atoms with van der Waals surface area (Å²) in [5.74, 6) is -0.0949. The number of carbonyl (C=O) groups excluding carboxylic acids is 1. The second kappa shape index (κ2) is 5.51. The predicted molar refractivity (Wildman–Crippen MR) is 73.3 cm³/mol. The molecular formula is C13H15N3O3. The molecule has 1 aromatic heterocycles. The highest BCUT2D eigenvalue weighted by molar-refractivity contribution is 5.93. The minimum Gasteiger partial charge on any atom is -0.326 e. The highest BCUT2D eigenvalue weighted by atomic mass is 16.2. The van der Waals surface area contributed by atoms with Gasteiger partial charge in [-0.15, -0.1) is 0 Å². The molecule has 100 valence electrons. The van der Waals surface area contributed by atoms with E-state index in [1.54, 1.807) is 6.07 Å². The van der Waals surface area contributed by atoms with Crippen molar-refractivity contribution in [2.45, 2.75) is 26.2 Å². The van der Waals surface area contributed by atoms with E-state index >= 15 is 0 Å². The molecule has 0 bridgehead atoms. The fourth-order valence-electron chi connectivity index (χ4n) is 1.82. The van der Waals surface area contributed by atoms with Gasteiger partial charge in [0.2, 0.25) is 5.91 Å². The maximum absolute atomic E-state index is 11.6. The summed E-state index contributed by atoms with van der Waals surface area (Å²) < 4.78 is 0. The number of unbranched alkanes of at least 4 members (excludes halogenated alkanes) is 1. The molecule has 6 heteroatoms. The van der Waals surface area contributed by atoms with E-state index in [4.69, 9.17) is 0 Å². The molecule has 0 saturated carbocycles. The molecule has 0 saturated heterocycles. The Kier molecular flexibility index (Phi) is 3.79. The zero-order chi connectivity index (χ0) is 13.8. The van der Waals surface area contributed by atoms with Gasteiger partial charge in [0.25, 0.3) is 11.1 Å². The molecule has 0 radical (unpaired) electrons. The van der Waals surface area contributed by atoms with Crippen molar-refractivity contribution in [2.24, 2.45) is 0 Å². The van der Waals surface area contributed by atoms with Crippen LogP contribution in [0.2, 0.25) is 0 Å². The van der Waals surface area contributed by atoms with Crippen molar-refractivity contribution in [2.75, 3.05) is 5.32 Å².